The second kappa shape index (κ2) is 7.28. The van der Waals surface area contributed by atoms with E-state index in [2.05, 4.69) is 0 Å². The average Bonchev–Trinajstić information content (AvgIpc) is 2.78. The summed E-state index contributed by atoms with van der Waals surface area (Å²) in [6.07, 6.45) is 0.611. The fourth-order valence-corrected chi connectivity index (χ4v) is 1.81. The molecule has 21 heavy (non-hydrogen) atoms. The third-order valence-corrected chi connectivity index (χ3v) is 2.90. The fraction of sp³-hybridized carbons (Fsp3) is 0.786. The Kier molecular flexibility index (Phi) is 5.99. The SMILES string of the molecule is CN(CCCCC(=O)N1CCOC1=O)C(=O)OC(C)(C)C. The topological polar surface area (TPSA) is 76.2 Å². The Morgan fingerprint density at radius 1 is 1.33 bits per heavy atom. The van der Waals surface area contributed by atoms with Crippen molar-refractivity contribution in [1.29, 1.82) is 0 Å². The lowest BCUT2D eigenvalue weighted by molar-refractivity contribution is -0.127. The predicted molar refractivity (Wildman–Crippen MR) is 75.8 cm³/mol. The number of nitrogens with zero attached hydrogens (tertiary/aromatic N) is 2. The van der Waals surface area contributed by atoms with Crippen LogP contribution in [0.1, 0.15) is 40.0 Å². The van der Waals surface area contributed by atoms with Crippen LogP contribution in [0, 0.1) is 0 Å². The molecule has 1 aliphatic rings. The number of hydrogen-bond acceptors (Lipinski definition) is 5. The minimum absolute atomic E-state index is 0.225. The summed E-state index contributed by atoms with van der Waals surface area (Å²) in [4.78, 5) is 37.2. The first-order chi connectivity index (χ1) is 9.70. The molecular weight excluding hydrogens is 276 g/mol. The molecule has 0 aliphatic carbocycles. The number of imide groups is 1. The van der Waals surface area contributed by atoms with E-state index in [-0.39, 0.29) is 25.0 Å². The van der Waals surface area contributed by atoms with Crippen LogP contribution < -0.4 is 0 Å². The molecule has 1 heterocycles. The van der Waals surface area contributed by atoms with Crippen molar-refractivity contribution in [3.63, 3.8) is 0 Å². The van der Waals surface area contributed by atoms with Gasteiger partial charge in [0.15, 0.2) is 0 Å². The molecule has 120 valence electrons. The van der Waals surface area contributed by atoms with Crippen LogP contribution in [0.25, 0.3) is 0 Å². The number of cyclic esters (lactones) is 1. The molecule has 0 aromatic heterocycles. The van der Waals surface area contributed by atoms with E-state index in [1.807, 2.05) is 20.8 Å². The Bertz CT molecular complexity index is 403. The standard InChI is InChI=1S/C14H24N2O5/c1-14(2,3)21-12(18)15(4)8-6-5-7-11(17)16-9-10-20-13(16)19/h5-10H2,1-4H3. The minimum Gasteiger partial charge on any atom is -0.447 e. The highest BCUT2D eigenvalue weighted by atomic mass is 16.6. The zero-order valence-corrected chi connectivity index (χ0v) is 13.2. The molecule has 0 unspecified atom stereocenters. The van der Waals surface area contributed by atoms with Gasteiger partial charge in [-0.2, -0.15) is 0 Å². The van der Waals surface area contributed by atoms with Gasteiger partial charge >= 0.3 is 12.2 Å². The minimum atomic E-state index is -0.564. The molecule has 7 nitrogen and oxygen atoms in total. The molecule has 0 spiro atoms. The number of carbonyl (C=O) groups is 3. The largest absolute Gasteiger partial charge is 0.447 e. The molecule has 0 N–H and O–H groups in total. The highest BCUT2D eigenvalue weighted by molar-refractivity contribution is 5.92. The monoisotopic (exact) mass is 300 g/mol. The number of amides is 3. The molecule has 1 fully saturated rings. The van der Waals surface area contributed by atoms with E-state index in [4.69, 9.17) is 9.47 Å². The molecule has 3 amide bonds. The molecular formula is C14H24N2O5. The van der Waals surface area contributed by atoms with Crippen molar-refractivity contribution in [2.45, 2.75) is 45.6 Å². The summed E-state index contributed by atoms with van der Waals surface area (Å²) >= 11 is 0. The first kappa shape index (κ1) is 17.3. The third kappa shape index (κ3) is 6.01. The van der Waals surface area contributed by atoms with Crippen LogP contribution in [0.2, 0.25) is 0 Å². The smallest absolute Gasteiger partial charge is 0.416 e. The van der Waals surface area contributed by atoms with Crippen LogP contribution in [0.3, 0.4) is 0 Å². The maximum absolute atomic E-state index is 11.7. The molecule has 0 saturated carbocycles. The molecule has 0 aromatic carbocycles. The van der Waals surface area contributed by atoms with Crippen molar-refractivity contribution >= 4 is 18.1 Å². The molecule has 0 aromatic rings. The van der Waals surface area contributed by atoms with Crippen molar-refractivity contribution in [2.75, 3.05) is 26.7 Å². The molecule has 0 atom stereocenters. The summed E-state index contributed by atoms with van der Waals surface area (Å²) in [5.41, 5.74) is -0.516. The number of hydrogen-bond donors (Lipinski definition) is 0. The van der Waals surface area contributed by atoms with Crippen molar-refractivity contribution in [1.82, 2.24) is 9.80 Å². The normalized spacial score (nSPS) is 14.9. The lowest BCUT2D eigenvalue weighted by Gasteiger charge is -2.24. The molecule has 1 saturated heterocycles. The van der Waals surface area contributed by atoms with Crippen LogP contribution in [-0.4, -0.2) is 60.2 Å². The zero-order chi connectivity index (χ0) is 16.0. The van der Waals surface area contributed by atoms with E-state index in [9.17, 15) is 14.4 Å². The van der Waals surface area contributed by atoms with E-state index in [1.54, 1.807) is 7.05 Å². The third-order valence-electron chi connectivity index (χ3n) is 2.90. The predicted octanol–water partition coefficient (Wildman–Crippen LogP) is 2.00. The lowest BCUT2D eigenvalue weighted by Crippen LogP contribution is -2.35. The van der Waals surface area contributed by atoms with E-state index in [1.165, 1.54) is 4.90 Å². The average molecular weight is 300 g/mol. The van der Waals surface area contributed by atoms with Crippen molar-refractivity contribution in [3.8, 4) is 0 Å². The maximum Gasteiger partial charge on any atom is 0.416 e. The Labute approximate surface area is 125 Å². The van der Waals surface area contributed by atoms with Crippen LogP contribution in [-0.2, 0) is 14.3 Å². The quantitative estimate of drug-likeness (QED) is 0.726. The van der Waals surface area contributed by atoms with E-state index < -0.39 is 11.7 Å². The number of carbonyl (C=O) groups excluding carboxylic acids is 3. The Morgan fingerprint density at radius 2 is 2.00 bits per heavy atom. The summed E-state index contributed by atoms with van der Waals surface area (Å²) < 4.78 is 9.93. The summed E-state index contributed by atoms with van der Waals surface area (Å²) in [5.74, 6) is -0.225. The second-order valence-electron chi connectivity index (χ2n) is 6.02. The molecule has 0 bridgehead atoms. The van der Waals surface area contributed by atoms with Crippen LogP contribution in [0.4, 0.5) is 9.59 Å². The van der Waals surface area contributed by atoms with Gasteiger partial charge in [-0.05, 0) is 33.6 Å². The molecule has 0 radical (unpaired) electrons. The Balaban J connectivity index is 2.20. The Morgan fingerprint density at radius 3 is 2.52 bits per heavy atom. The van der Waals surface area contributed by atoms with Gasteiger partial charge in [0.1, 0.15) is 12.2 Å². The van der Waals surface area contributed by atoms with Gasteiger partial charge in [0.2, 0.25) is 5.91 Å². The number of unbranched alkanes of at least 4 members (excludes halogenated alkanes) is 1. The van der Waals surface area contributed by atoms with Gasteiger partial charge in [-0.1, -0.05) is 0 Å². The summed E-state index contributed by atoms with van der Waals surface area (Å²) in [6, 6.07) is 0. The first-order valence-electron chi connectivity index (χ1n) is 7.12. The zero-order valence-electron chi connectivity index (χ0n) is 13.2. The van der Waals surface area contributed by atoms with Crippen molar-refractivity contribution in [3.05, 3.63) is 0 Å². The van der Waals surface area contributed by atoms with Gasteiger partial charge in [0, 0.05) is 20.0 Å². The molecule has 1 aliphatic heterocycles. The highest BCUT2D eigenvalue weighted by Gasteiger charge is 2.27. The van der Waals surface area contributed by atoms with Gasteiger partial charge in [-0.15, -0.1) is 0 Å². The number of ether oxygens (including phenoxy) is 2. The lowest BCUT2D eigenvalue weighted by atomic mass is 10.2. The molecule has 1 rings (SSSR count). The van der Waals surface area contributed by atoms with Crippen LogP contribution >= 0.6 is 0 Å². The second-order valence-corrected chi connectivity index (χ2v) is 6.02. The molecule has 7 heteroatoms. The fourth-order valence-electron chi connectivity index (χ4n) is 1.81. The first-order valence-corrected chi connectivity index (χ1v) is 7.12. The van der Waals surface area contributed by atoms with Gasteiger partial charge < -0.3 is 14.4 Å². The van der Waals surface area contributed by atoms with Crippen molar-refractivity contribution in [2.24, 2.45) is 0 Å². The Hall–Kier alpha value is -1.79. The number of rotatable bonds is 5. The van der Waals surface area contributed by atoms with E-state index >= 15 is 0 Å². The van der Waals surface area contributed by atoms with Crippen LogP contribution in [0.5, 0.6) is 0 Å². The highest BCUT2D eigenvalue weighted by Crippen LogP contribution is 2.11. The van der Waals surface area contributed by atoms with E-state index in [0.29, 0.717) is 25.9 Å². The van der Waals surface area contributed by atoms with Gasteiger partial charge in [0.25, 0.3) is 0 Å². The maximum atomic E-state index is 11.7. The van der Waals surface area contributed by atoms with Crippen LogP contribution in [0.15, 0.2) is 0 Å². The summed E-state index contributed by atoms with van der Waals surface area (Å²) in [7, 11) is 1.66. The van der Waals surface area contributed by atoms with E-state index in [0.717, 1.165) is 4.90 Å². The van der Waals surface area contributed by atoms with Gasteiger partial charge in [-0.3, -0.25) is 4.79 Å². The van der Waals surface area contributed by atoms with Gasteiger partial charge in [0.05, 0.1) is 6.54 Å². The summed E-state index contributed by atoms with van der Waals surface area (Å²) in [5, 5.41) is 0. The summed E-state index contributed by atoms with van der Waals surface area (Å²) in [6.45, 7) is 6.54. The van der Waals surface area contributed by atoms with Crippen molar-refractivity contribution < 1.29 is 23.9 Å². The van der Waals surface area contributed by atoms with Gasteiger partial charge in [-0.25, -0.2) is 14.5 Å².